The summed E-state index contributed by atoms with van der Waals surface area (Å²) in [6.45, 7) is 2.25. The van der Waals surface area contributed by atoms with Gasteiger partial charge in [-0.1, -0.05) is 6.07 Å². The Hall–Kier alpha value is -2.94. The first kappa shape index (κ1) is 17.9. The predicted octanol–water partition coefficient (Wildman–Crippen LogP) is 0.0394. The van der Waals surface area contributed by atoms with E-state index in [1.54, 1.807) is 37.9 Å². The van der Waals surface area contributed by atoms with Gasteiger partial charge in [-0.3, -0.25) is 13.9 Å². The summed E-state index contributed by atoms with van der Waals surface area (Å²) in [4.78, 5) is 33.9. The van der Waals surface area contributed by atoms with E-state index in [-0.39, 0.29) is 13.2 Å². The lowest BCUT2D eigenvalue weighted by molar-refractivity contribution is 0.277. The number of fused-ring (bicyclic) bond motifs is 1. The van der Waals surface area contributed by atoms with Crippen LogP contribution >= 0.6 is 0 Å². The molecule has 0 aromatic carbocycles. The van der Waals surface area contributed by atoms with Crippen LogP contribution in [0.4, 0.5) is 0 Å². The molecule has 0 spiro atoms. The Kier molecular flexibility index (Phi) is 4.90. The first-order valence-electron chi connectivity index (χ1n) is 8.24. The molecule has 0 fully saturated rings. The van der Waals surface area contributed by atoms with E-state index in [2.05, 4.69) is 9.97 Å². The van der Waals surface area contributed by atoms with E-state index in [1.165, 1.54) is 4.57 Å². The number of methoxy groups -OCH3 is 1. The summed E-state index contributed by atoms with van der Waals surface area (Å²) in [5, 5.41) is 9.03. The Morgan fingerprint density at radius 3 is 2.62 bits per heavy atom. The molecule has 0 aliphatic heterocycles. The molecule has 3 aromatic heterocycles. The van der Waals surface area contributed by atoms with E-state index >= 15 is 0 Å². The van der Waals surface area contributed by atoms with Crippen molar-refractivity contribution < 1.29 is 9.84 Å². The number of rotatable bonds is 6. The van der Waals surface area contributed by atoms with Gasteiger partial charge >= 0.3 is 5.69 Å². The van der Waals surface area contributed by atoms with E-state index in [1.807, 2.05) is 6.07 Å². The van der Waals surface area contributed by atoms with Crippen LogP contribution in [0.15, 0.2) is 27.9 Å². The van der Waals surface area contributed by atoms with Crippen molar-refractivity contribution in [1.82, 2.24) is 23.7 Å². The van der Waals surface area contributed by atoms with Gasteiger partial charge in [-0.2, -0.15) is 0 Å². The first-order valence-corrected chi connectivity index (χ1v) is 8.24. The average Bonchev–Trinajstić information content (AvgIpc) is 2.97. The maximum Gasteiger partial charge on any atom is 0.332 e. The van der Waals surface area contributed by atoms with Crippen molar-refractivity contribution in [2.45, 2.75) is 26.4 Å². The van der Waals surface area contributed by atoms with Gasteiger partial charge in [-0.25, -0.2) is 14.8 Å². The Labute approximate surface area is 149 Å². The van der Waals surface area contributed by atoms with Crippen molar-refractivity contribution in [1.29, 1.82) is 0 Å². The van der Waals surface area contributed by atoms with Crippen LogP contribution in [0.1, 0.15) is 17.8 Å². The molecule has 0 atom stereocenters. The number of ether oxygens (including phenoxy) is 1. The van der Waals surface area contributed by atoms with Crippen molar-refractivity contribution in [3.8, 4) is 5.88 Å². The van der Waals surface area contributed by atoms with Gasteiger partial charge in [-0.05, 0) is 18.9 Å². The molecule has 0 aliphatic rings. The highest BCUT2D eigenvalue weighted by Gasteiger charge is 2.18. The quantitative estimate of drug-likeness (QED) is 0.666. The summed E-state index contributed by atoms with van der Waals surface area (Å²) in [7, 11) is 3.14. The van der Waals surface area contributed by atoms with Crippen LogP contribution in [-0.2, 0) is 20.1 Å². The van der Waals surface area contributed by atoms with Crippen LogP contribution in [0, 0.1) is 6.92 Å². The largest absolute Gasteiger partial charge is 0.481 e. The third-order valence-electron chi connectivity index (χ3n) is 4.31. The predicted molar refractivity (Wildman–Crippen MR) is 95.6 cm³/mol. The molecule has 0 saturated heterocycles. The van der Waals surface area contributed by atoms with Crippen LogP contribution < -0.4 is 16.0 Å². The number of hydrogen-bond acceptors (Lipinski definition) is 6. The number of aliphatic hydroxyl groups excluding tert-OH is 1. The zero-order chi connectivity index (χ0) is 18.8. The molecule has 0 aliphatic carbocycles. The standard InChI is InChI=1S/C17H21N5O4/c1-11-19-15-14(16(24)21(7-4-8-23)17(25)20(15)2)22(11)10-12-5-6-13(26-3)18-9-12/h5-6,9,23H,4,7-8,10H2,1-3H3. The molecule has 9 nitrogen and oxygen atoms in total. The fourth-order valence-corrected chi connectivity index (χ4v) is 2.91. The highest BCUT2D eigenvalue weighted by Crippen LogP contribution is 2.14. The van der Waals surface area contributed by atoms with E-state index < -0.39 is 11.2 Å². The third kappa shape index (κ3) is 3.01. The van der Waals surface area contributed by atoms with Gasteiger partial charge in [0.2, 0.25) is 5.88 Å². The second-order valence-corrected chi connectivity index (χ2v) is 6.00. The van der Waals surface area contributed by atoms with Crippen LogP contribution in [0.2, 0.25) is 0 Å². The van der Waals surface area contributed by atoms with E-state index in [4.69, 9.17) is 9.84 Å². The van der Waals surface area contributed by atoms with Gasteiger partial charge in [0, 0.05) is 32.5 Å². The highest BCUT2D eigenvalue weighted by atomic mass is 16.5. The second-order valence-electron chi connectivity index (χ2n) is 6.00. The lowest BCUT2D eigenvalue weighted by Gasteiger charge is -2.10. The maximum atomic E-state index is 12.9. The average molecular weight is 359 g/mol. The fraction of sp³-hybridized carbons (Fsp3) is 0.412. The zero-order valence-electron chi connectivity index (χ0n) is 15.0. The molecule has 0 amide bonds. The SMILES string of the molecule is COc1ccc(Cn2c(C)nc3c2c(=O)n(CCCO)c(=O)n3C)cn1. The number of imidazole rings is 1. The van der Waals surface area contributed by atoms with Crippen LogP contribution in [0.3, 0.4) is 0 Å². The number of aromatic nitrogens is 5. The topological polar surface area (TPSA) is 104 Å². The van der Waals surface area contributed by atoms with Gasteiger partial charge in [0.1, 0.15) is 5.82 Å². The summed E-state index contributed by atoms with van der Waals surface area (Å²) in [5.41, 5.74) is 0.742. The third-order valence-corrected chi connectivity index (χ3v) is 4.31. The van der Waals surface area contributed by atoms with Crippen molar-refractivity contribution in [3.63, 3.8) is 0 Å². The molecule has 0 unspecified atom stereocenters. The highest BCUT2D eigenvalue weighted by molar-refractivity contribution is 5.71. The lowest BCUT2D eigenvalue weighted by atomic mass is 10.3. The van der Waals surface area contributed by atoms with E-state index in [9.17, 15) is 9.59 Å². The maximum absolute atomic E-state index is 12.9. The Bertz CT molecular complexity index is 1050. The van der Waals surface area contributed by atoms with Crippen molar-refractivity contribution >= 4 is 11.2 Å². The molecule has 3 rings (SSSR count). The normalized spacial score (nSPS) is 11.2. The van der Waals surface area contributed by atoms with Gasteiger partial charge < -0.3 is 14.4 Å². The molecule has 3 aromatic rings. The number of aryl methyl sites for hydroxylation is 2. The summed E-state index contributed by atoms with van der Waals surface area (Å²) in [6.07, 6.45) is 2.01. The van der Waals surface area contributed by atoms with Crippen molar-refractivity contribution in [2.75, 3.05) is 13.7 Å². The Balaban J connectivity index is 2.15. The summed E-state index contributed by atoms with van der Waals surface area (Å²) >= 11 is 0. The molecule has 1 N–H and O–H groups in total. The molecule has 0 saturated carbocycles. The first-order chi connectivity index (χ1) is 12.5. The molecule has 26 heavy (non-hydrogen) atoms. The number of nitrogens with zero attached hydrogens (tertiary/aromatic N) is 5. The van der Waals surface area contributed by atoms with E-state index in [0.29, 0.717) is 35.8 Å². The monoisotopic (exact) mass is 359 g/mol. The summed E-state index contributed by atoms with van der Waals surface area (Å²) in [6, 6.07) is 3.61. The molecular formula is C17H21N5O4. The second kappa shape index (κ2) is 7.12. The number of aliphatic hydroxyl groups is 1. The van der Waals surface area contributed by atoms with Crippen LogP contribution in [-0.4, -0.2) is 42.5 Å². The number of pyridine rings is 1. The molecule has 138 valence electrons. The van der Waals surface area contributed by atoms with Crippen LogP contribution in [0.5, 0.6) is 5.88 Å². The lowest BCUT2D eigenvalue weighted by Crippen LogP contribution is -2.39. The minimum absolute atomic E-state index is 0.0938. The Morgan fingerprint density at radius 1 is 1.23 bits per heavy atom. The molecule has 9 heteroatoms. The molecule has 0 radical (unpaired) electrons. The van der Waals surface area contributed by atoms with Crippen molar-refractivity contribution in [2.24, 2.45) is 7.05 Å². The summed E-state index contributed by atoms with van der Waals surface area (Å²) in [5.74, 6) is 1.14. The van der Waals surface area contributed by atoms with Gasteiger partial charge in [-0.15, -0.1) is 0 Å². The number of hydrogen-bond donors (Lipinski definition) is 1. The van der Waals surface area contributed by atoms with Gasteiger partial charge in [0.25, 0.3) is 5.56 Å². The zero-order valence-corrected chi connectivity index (χ0v) is 15.0. The van der Waals surface area contributed by atoms with Gasteiger partial charge in [0.15, 0.2) is 11.2 Å². The smallest absolute Gasteiger partial charge is 0.332 e. The van der Waals surface area contributed by atoms with Crippen LogP contribution in [0.25, 0.3) is 11.2 Å². The van der Waals surface area contributed by atoms with Gasteiger partial charge in [0.05, 0.1) is 13.7 Å². The Morgan fingerprint density at radius 2 is 2.00 bits per heavy atom. The molecule has 0 bridgehead atoms. The minimum atomic E-state index is -0.438. The van der Waals surface area contributed by atoms with E-state index in [0.717, 1.165) is 10.1 Å². The van der Waals surface area contributed by atoms with Crippen molar-refractivity contribution in [3.05, 3.63) is 50.6 Å². The molecule has 3 heterocycles. The molecular weight excluding hydrogens is 338 g/mol. The summed E-state index contributed by atoms with van der Waals surface area (Å²) < 4.78 is 9.34. The fourth-order valence-electron chi connectivity index (χ4n) is 2.91. The minimum Gasteiger partial charge on any atom is -0.481 e.